The van der Waals surface area contributed by atoms with Gasteiger partial charge in [0.15, 0.2) is 11.2 Å². The third-order valence-electron chi connectivity index (χ3n) is 4.29. The number of nitrogens with zero attached hydrogens (tertiary/aromatic N) is 5. The van der Waals surface area contributed by atoms with E-state index in [0.717, 1.165) is 5.56 Å². The van der Waals surface area contributed by atoms with Gasteiger partial charge in [-0.2, -0.15) is 4.98 Å². The van der Waals surface area contributed by atoms with Crippen molar-refractivity contribution in [2.24, 2.45) is 0 Å². The SMILES string of the molecule is CN(CCCc1nc(O)c2c(ncn2Cc2ccccc2)n1)C(=O)OC(C)(C)C. The summed E-state index contributed by atoms with van der Waals surface area (Å²) in [6.07, 6.45) is 2.45. The number of aromatic nitrogens is 4. The van der Waals surface area contributed by atoms with Crippen LogP contribution in [0.25, 0.3) is 11.2 Å². The molecule has 0 atom stereocenters. The number of aromatic hydroxyl groups is 1. The Morgan fingerprint density at radius 2 is 1.93 bits per heavy atom. The summed E-state index contributed by atoms with van der Waals surface area (Å²) in [7, 11) is 1.70. The fourth-order valence-electron chi connectivity index (χ4n) is 2.92. The molecule has 8 nitrogen and oxygen atoms in total. The van der Waals surface area contributed by atoms with Crippen LogP contribution in [0.1, 0.15) is 38.6 Å². The number of fused-ring (bicyclic) bond motifs is 1. The monoisotopic (exact) mass is 397 g/mol. The molecule has 2 aromatic heterocycles. The first-order valence-corrected chi connectivity index (χ1v) is 9.62. The van der Waals surface area contributed by atoms with Crippen LogP contribution in [0.4, 0.5) is 4.79 Å². The first-order chi connectivity index (χ1) is 13.7. The lowest BCUT2D eigenvalue weighted by atomic mass is 10.2. The molecule has 0 unspecified atom stereocenters. The fourth-order valence-corrected chi connectivity index (χ4v) is 2.92. The van der Waals surface area contributed by atoms with Crippen molar-refractivity contribution in [2.45, 2.75) is 45.8 Å². The summed E-state index contributed by atoms with van der Waals surface area (Å²) in [5, 5.41) is 10.4. The number of aryl methyl sites for hydroxylation is 1. The number of carbonyl (C=O) groups is 1. The molecule has 0 spiro atoms. The van der Waals surface area contributed by atoms with Crippen LogP contribution in [-0.4, -0.2) is 54.8 Å². The van der Waals surface area contributed by atoms with Crippen molar-refractivity contribution < 1.29 is 14.6 Å². The lowest BCUT2D eigenvalue weighted by Gasteiger charge is -2.24. The van der Waals surface area contributed by atoms with E-state index in [9.17, 15) is 9.90 Å². The molecule has 1 amide bonds. The normalized spacial score (nSPS) is 11.6. The number of imidazole rings is 1. The van der Waals surface area contributed by atoms with Gasteiger partial charge in [0.05, 0.1) is 6.33 Å². The van der Waals surface area contributed by atoms with Gasteiger partial charge < -0.3 is 19.3 Å². The number of hydrogen-bond acceptors (Lipinski definition) is 6. The smallest absolute Gasteiger partial charge is 0.410 e. The molecular weight excluding hydrogens is 370 g/mol. The van der Waals surface area contributed by atoms with Gasteiger partial charge >= 0.3 is 6.09 Å². The molecule has 0 bridgehead atoms. The molecule has 0 aliphatic carbocycles. The highest BCUT2D eigenvalue weighted by atomic mass is 16.6. The van der Waals surface area contributed by atoms with Gasteiger partial charge in [0.25, 0.3) is 0 Å². The summed E-state index contributed by atoms with van der Waals surface area (Å²) in [6, 6.07) is 9.93. The van der Waals surface area contributed by atoms with Crippen LogP contribution in [-0.2, 0) is 17.7 Å². The van der Waals surface area contributed by atoms with E-state index in [0.29, 0.717) is 42.9 Å². The minimum absolute atomic E-state index is 0.0843. The van der Waals surface area contributed by atoms with Gasteiger partial charge in [-0.1, -0.05) is 30.3 Å². The van der Waals surface area contributed by atoms with Crippen molar-refractivity contribution in [3.63, 3.8) is 0 Å². The molecule has 0 saturated heterocycles. The van der Waals surface area contributed by atoms with Gasteiger partial charge in [0.2, 0.25) is 5.88 Å². The predicted octanol–water partition coefficient (Wildman–Crippen LogP) is 3.38. The maximum absolute atomic E-state index is 12.0. The fraction of sp³-hybridized carbons (Fsp3) is 0.429. The molecule has 8 heteroatoms. The highest BCUT2D eigenvalue weighted by molar-refractivity contribution is 5.76. The Labute approximate surface area is 170 Å². The minimum Gasteiger partial charge on any atom is -0.492 e. The van der Waals surface area contributed by atoms with Crippen molar-refractivity contribution in [3.05, 3.63) is 48.0 Å². The van der Waals surface area contributed by atoms with E-state index in [1.165, 1.54) is 4.90 Å². The Morgan fingerprint density at radius 3 is 2.62 bits per heavy atom. The topological polar surface area (TPSA) is 93.4 Å². The zero-order valence-electron chi connectivity index (χ0n) is 17.3. The van der Waals surface area contributed by atoms with Gasteiger partial charge in [-0.15, -0.1) is 0 Å². The molecule has 3 aromatic rings. The van der Waals surface area contributed by atoms with E-state index in [1.54, 1.807) is 13.4 Å². The first kappa shape index (κ1) is 20.6. The molecule has 154 valence electrons. The standard InChI is InChI=1S/C21H27N5O3/c1-21(2,3)29-20(28)25(4)12-8-11-16-23-18-17(19(27)24-16)26(14-22-18)13-15-9-6-5-7-10-15/h5-7,9-10,14H,8,11-13H2,1-4H3,(H,23,24,27). The molecule has 0 radical (unpaired) electrons. The number of amides is 1. The third kappa shape index (κ3) is 5.43. The van der Waals surface area contributed by atoms with E-state index >= 15 is 0 Å². The Morgan fingerprint density at radius 1 is 1.21 bits per heavy atom. The minimum atomic E-state index is -0.524. The second kappa shape index (κ2) is 8.46. The van der Waals surface area contributed by atoms with E-state index < -0.39 is 5.60 Å². The van der Waals surface area contributed by atoms with Crippen LogP contribution in [0.3, 0.4) is 0 Å². The van der Waals surface area contributed by atoms with Crippen molar-refractivity contribution in [3.8, 4) is 5.88 Å². The molecule has 1 N–H and O–H groups in total. The van der Waals surface area contributed by atoms with Gasteiger partial charge in [0, 0.05) is 26.6 Å². The van der Waals surface area contributed by atoms with Crippen LogP contribution in [0.5, 0.6) is 5.88 Å². The average Bonchev–Trinajstić information content (AvgIpc) is 3.04. The van der Waals surface area contributed by atoms with E-state index in [2.05, 4.69) is 15.0 Å². The lowest BCUT2D eigenvalue weighted by molar-refractivity contribution is 0.0297. The van der Waals surface area contributed by atoms with Crippen LogP contribution >= 0.6 is 0 Å². The zero-order valence-corrected chi connectivity index (χ0v) is 17.3. The summed E-state index contributed by atoms with van der Waals surface area (Å²) in [5.74, 6) is 0.413. The molecular formula is C21H27N5O3. The van der Waals surface area contributed by atoms with Gasteiger partial charge in [0.1, 0.15) is 11.4 Å². The Hall–Kier alpha value is -3.16. The second-order valence-corrected chi connectivity index (χ2v) is 8.00. The van der Waals surface area contributed by atoms with Crippen molar-refractivity contribution in [2.75, 3.05) is 13.6 Å². The molecule has 0 saturated carbocycles. The lowest BCUT2D eigenvalue weighted by Crippen LogP contribution is -2.34. The molecule has 0 aliphatic heterocycles. The molecule has 3 rings (SSSR count). The number of rotatable bonds is 6. The van der Waals surface area contributed by atoms with Crippen LogP contribution in [0.15, 0.2) is 36.7 Å². The third-order valence-corrected chi connectivity index (χ3v) is 4.29. The summed E-state index contributed by atoms with van der Waals surface area (Å²) < 4.78 is 7.17. The molecule has 29 heavy (non-hydrogen) atoms. The van der Waals surface area contributed by atoms with E-state index in [4.69, 9.17) is 4.74 Å². The van der Waals surface area contributed by atoms with Crippen molar-refractivity contribution in [1.29, 1.82) is 0 Å². The highest BCUT2D eigenvalue weighted by Gasteiger charge is 2.19. The number of ether oxygens (including phenoxy) is 1. The zero-order chi connectivity index (χ0) is 21.0. The summed E-state index contributed by atoms with van der Waals surface area (Å²) in [4.78, 5) is 26.5. The number of benzene rings is 1. The van der Waals surface area contributed by atoms with Gasteiger partial charge in [-0.05, 0) is 32.8 Å². The molecule has 2 heterocycles. The van der Waals surface area contributed by atoms with Crippen molar-refractivity contribution in [1.82, 2.24) is 24.4 Å². The maximum Gasteiger partial charge on any atom is 0.410 e. The number of carbonyl (C=O) groups excluding carboxylic acids is 1. The molecule has 0 aliphatic rings. The summed E-state index contributed by atoms with van der Waals surface area (Å²) in [6.45, 7) is 6.58. The van der Waals surface area contributed by atoms with Crippen LogP contribution in [0, 0.1) is 0 Å². The van der Waals surface area contributed by atoms with Gasteiger partial charge in [-0.25, -0.2) is 14.8 Å². The van der Waals surface area contributed by atoms with Crippen LogP contribution < -0.4 is 0 Å². The van der Waals surface area contributed by atoms with Gasteiger partial charge in [-0.3, -0.25) is 0 Å². The Kier molecular flexibility index (Phi) is 6.00. The molecule has 1 aromatic carbocycles. The van der Waals surface area contributed by atoms with E-state index in [1.807, 2.05) is 55.7 Å². The largest absolute Gasteiger partial charge is 0.492 e. The Bertz CT molecular complexity index is 979. The van der Waals surface area contributed by atoms with Crippen molar-refractivity contribution >= 4 is 17.3 Å². The second-order valence-electron chi connectivity index (χ2n) is 8.00. The predicted molar refractivity (Wildman–Crippen MR) is 110 cm³/mol. The average molecular weight is 397 g/mol. The quantitative estimate of drug-likeness (QED) is 0.685. The highest BCUT2D eigenvalue weighted by Crippen LogP contribution is 2.22. The van der Waals surface area contributed by atoms with E-state index in [-0.39, 0.29) is 12.0 Å². The first-order valence-electron chi connectivity index (χ1n) is 9.62. The number of hydrogen-bond donors (Lipinski definition) is 1. The van der Waals surface area contributed by atoms with Crippen LogP contribution in [0.2, 0.25) is 0 Å². The maximum atomic E-state index is 12.0. The summed E-state index contributed by atoms with van der Waals surface area (Å²) in [5.41, 5.74) is 1.55. The Balaban J connectivity index is 1.64. The summed E-state index contributed by atoms with van der Waals surface area (Å²) >= 11 is 0. The molecule has 0 fully saturated rings.